The molecule has 6 rings (SSSR count). The number of hydrogen-bond acceptors (Lipinski definition) is 5. The number of rotatable bonds is 7. The molecule has 3 aliphatic heterocycles. The summed E-state index contributed by atoms with van der Waals surface area (Å²) in [5.74, 6) is 0.640. The molecule has 2 unspecified atom stereocenters. The van der Waals surface area contributed by atoms with E-state index in [-0.39, 0.29) is 18.1 Å². The van der Waals surface area contributed by atoms with E-state index in [4.69, 9.17) is 22.3 Å². The number of piperazine rings is 1. The van der Waals surface area contributed by atoms with Crippen molar-refractivity contribution in [3.63, 3.8) is 0 Å². The van der Waals surface area contributed by atoms with Gasteiger partial charge in [-0.05, 0) is 102 Å². The van der Waals surface area contributed by atoms with Gasteiger partial charge in [-0.25, -0.2) is 4.79 Å². The van der Waals surface area contributed by atoms with Crippen molar-refractivity contribution in [2.45, 2.75) is 89.3 Å². The summed E-state index contributed by atoms with van der Waals surface area (Å²) in [6.45, 7) is 8.35. The van der Waals surface area contributed by atoms with Gasteiger partial charge in [0, 0.05) is 80.0 Å². The summed E-state index contributed by atoms with van der Waals surface area (Å²) in [6.07, 6.45) is 11.8. The second kappa shape index (κ2) is 14.7. The van der Waals surface area contributed by atoms with E-state index in [0.717, 1.165) is 100 Å². The maximum atomic E-state index is 13.6. The highest BCUT2D eigenvalue weighted by atomic mass is 79.9. The number of unbranched alkanes of at least 4 members (excludes halogenated alkanes) is 1. The van der Waals surface area contributed by atoms with Gasteiger partial charge in [0.2, 0.25) is 5.91 Å². The first-order valence-corrected chi connectivity index (χ1v) is 18.2. The summed E-state index contributed by atoms with van der Waals surface area (Å²) in [6, 6.07) is 9.27. The quantitative estimate of drug-likeness (QED) is 0.382. The summed E-state index contributed by atoms with van der Waals surface area (Å²) in [4.78, 5) is 39.4. The number of amides is 3. The summed E-state index contributed by atoms with van der Waals surface area (Å²) in [5, 5.41) is 0.801. The number of aryl methyl sites for hydroxylation is 2. The van der Waals surface area contributed by atoms with Gasteiger partial charge in [-0.3, -0.25) is 19.6 Å². The molecular weight excluding hydrogens is 652 g/mol. The molecule has 1 aromatic heterocycles. The van der Waals surface area contributed by atoms with Crippen LogP contribution in [-0.4, -0.2) is 94.4 Å². The van der Waals surface area contributed by atoms with Crippen molar-refractivity contribution in [3.05, 3.63) is 62.3 Å². The third-order valence-corrected chi connectivity index (χ3v) is 11.5. The smallest absolute Gasteiger partial charge is 0.314 e. The normalized spacial score (nSPS) is 23.8. The Bertz CT molecular complexity index is 1310. The molecule has 2 atom stereocenters. The van der Waals surface area contributed by atoms with E-state index >= 15 is 0 Å². The van der Waals surface area contributed by atoms with Gasteiger partial charge in [-0.2, -0.15) is 0 Å². The van der Waals surface area contributed by atoms with E-state index in [0.29, 0.717) is 37.4 Å². The van der Waals surface area contributed by atoms with Gasteiger partial charge in [0.1, 0.15) is 0 Å². The van der Waals surface area contributed by atoms with Crippen molar-refractivity contribution in [1.82, 2.24) is 24.6 Å². The number of aromatic nitrogens is 1. The highest BCUT2D eigenvalue weighted by molar-refractivity contribution is 9.10. The second-order valence-electron chi connectivity index (χ2n) is 13.6. The largest absolute Gasteiger partial charge is 0.351 e. The van der Waals surface area contributed by atoms with Crippen LogP contribution in [0.4, 0.5) is 4.79 Å². The van der Waals surface area contributed by atoms with Gasteiger partial charge < -0.3 is 15.5 Å². The van der Waals surface area contributed by atoms with Crippen molar-refractivity contribution < 1.29 is 9.59 Å². The third-order valence-electron chi connectivity index (χ3n) is 10.8. The maximum absolute atomic E-state index is 13.6. The van der Waals surface area contributed by atoms with Gasteiger partial charge in [-0.1, -0.05) is 37.4 Å². The minimum atomic E-state index is -0.347. The minimum Gasteiger partial charge on any atom is -0.351 e. The van der Waals surface area contributed by atoms with Crippen LogP contribution in [0, 0.1) is 5.92 Å². The molecular formula is C35H48BrClN6O2. The Morgan fingerprint density at radius 3 is 2.47 bits per heavy atom. The average molecular weight is 700 g/mol. The van der Waals surface area contributed by atoms with Crippen molar-refractivity contribution in [1.29, 1.82) is 0 Å². The lowest BCUT2D eigenvalue weighted by Gasteiger charge is -2.48. The molecule has 3 fully saturated rings. The lowest BCUT2D eigenvalue weighted by molar-refractivity contribution is -0.138. The number of urea groups is 1. The summed E-state index contributed by atoms with van der Waals surface area (Å²) in [7, 11) is 0. The van der Waals surface area contributed by atoms with Crippen molar-refractivity contribution in [2.75, 3.05) is 45.8 Å². The van der Waals surface area contributed by atoms with Crippen LogP contribution in [0.25, 0.3) is 0 Å². The Hall–Kier alpha value is -2.20. The lowest BCUT2D eigenvalue weighted by atomic mass is 9.91. The number of pyridine rings is 1. The number of primary amides is 1. The van der Waals surface area contributed by atoms with Crippen molar-refractivity contribution in [3.8, 4) is 0 Å². The van der Waals surface area contributed by atoms with Gasteiger partial charge in [0.15, 0.2) is 0 Å². The number of benzene rings is 1. The highest BCUT2D eigenvalue weighted by Crippen LogP contribution is 2.39. The third kappa shape index (κ3) is 7.53. The van der Waals surface area contributed by atoms with Crippen molar-refractivity contribution in [2.24, 2.45) is 11.7 Å². The number of carbonyl (C=O) groups is 2. The highest BCUT2D eigenvalue weighted by Gasteiger charge is 2.38. The van der Waals surface area contributed by atoms with Crippen LogP contribution >= 0.6 is 27.5 Å². The molecule has 4 aliphatic rings. The second-order valence-corrected chi connectivity index (χ2v) is 14.9. The molecule has 10 heteroatoms. The molecule has 0 bridgehead atoms. The first kappa shape index (κ1) is 32.7. The lowest BCUT2D eigenvalue weighted by Crippen LogP contribution is -2.59. The van der Waals surface area contributed by atoms with E-state index in [1.54, 1.807) is 4.90 Å². The van der Waals surface area contributed by atoms with Crippen molar-refractivity contribution >= 4 is 39.5 Å². The fourth-order valence-corrected chi connectivity index (χ4v) is 8.81. The molecule has 0 spiro atoms. The predicted octanol–water partition coefficient (Wildman–Crippen LogP) is 6.03. The Labute approximate surface area is 281 Å². The molecule has 0 radical (unpaired) electrons. The van der Waals surface area contributed by atoms with E-state index in [1.807, 2.05) is 12.3 Å². The maximum Gasteiger partial charge on any atom is 0.314 e. The number of hydrogen-bond donors (Lipinski definition) is 1. The molecule has 4 heterocycles. The molecule has 1 aromatic carbocycles. The molecule has 3 saturated heterocycles. The zero-order chi connectivity index (χ0) is 31.5. The van der Waals surface area contributed by atoms with Crippen LogP contribution in [0.2, 0.25) is 5.02 Å². The molecule has 3 amide bonds. The summed E-state index contributed by atoms with van der Waals surface area (Å²) >= 11 is 10.1. The van der Waals surface area contributed by atoms with Gasteiger partial charge in [0.25, 0.3) is 0 Å². The monoisotopic (exact) mass is 698 g/mol. The van der Waals surface area contributed by atoms with Gasteiger partial charge in [0.05, 0.1) is 11.7 Å². The molecule has 0 saturated carbocycles. The SMILES string of the molecule is CCCCC1CN(C2CCN(C3c4ccc(Cl)cc4CCc4cc(Br)cnc43)CC2)CCN1C(=O)CC1CCN(C(N)=O)CC1. The van der Waals surface area contributed by atoms with Crippen LogP contribution in [0.1, 0.15) is 86.7 Å². The molecule has 244 valence electrons. The first-order valence-electron chi connectivity index (χ1n) is 17.0. The Morgan fingerprint density at radius 2 is 1.73 bits per heavy atom. The van der Waals surface area contributed by atoms with Gasteiger partial charge in [-0.15, -0.1) is 0 Å². The van der Waals surface area contributed by atoms with Crippen LogP contribution < -0.4 is 5.73 Å². The zero-order valence-corrected chi connectivity index (χ0v) is 28.9. The number of nitrogens with zero attached hydrogens (tertiary/aromatic N) is 5. The van der Waals surface area contributed by atoms with Crippen LogP contribution in [0.5, 0.6) is 0 Å². The van der Waals surface area contributed by atoms with E-state index < -0.39 is 0 Å². The fraction of sp³-hybridized carbons (Fsp3) is 0.629. The van der Waals surface area contributed by atoms with Crippen LogP contribution in [-0.2, 0) is 17.6 Å². The number of likely N-dealkylation sites (tertiary alicyclic amines) is 2. The van der Waals surface area contributed by atoms with Crippen LogP contribution in [0.3, 0.4) is 0 Å². The summed E-state index contributed by atoms with van der Waals surface area (Å²) in [5.41, 5.74) is 10.7. The van der Waals surface area contributed by atoms with Gasteiger partial charge >= 0.3 is 6.03 Å². The Morgan fingerprint density at radius 1 is 0.978 bits per heavy atom. The Balaban J connectivity index is 1.10. The first-order chi connectivity index (χ1) is 21.8. The molecule has 2 aromatic rings. The molecule has 1 aliphatic carbocycles. The number of piperidine rings is 2. The zero-order valence-electron chi connectivity index (χ0n) is 26.6. The summed E-state index contributed by atoms with van der Waals surface area (Å²) < 4.78 is 1.03. The topological polar surface area (TPSA) is 86.0 Å². The number of fused-ring (bicyclic) bond motifs is 2. The Kier molecular flexibility index (Phi) is 10.7. The molecule has 2 N–H and O–H groups in total. The molecule has 8 nitrogen and oxygen atoms in total. The number of nitrogens with two attached hydrogens (primary N) is 1. The minimum absolute atomic E-state index is 0.144. The van der Waals surface area contributed by atoms with Crippen LogP contribution in [0.15, 0.2) is 34.9 Å². The number of carbonyl (C=O) groups excluding carboxylic acids is 2. The standard InChI is InChI=1S/C35H48BrClN6O2/c1-2-3-4-30-23-42(17-18-43(30)32(44)19-24-9-13-41(14-10-24)35(38)45)29-11-15-40(16-12-29)34-31-8-7-28(37)21-25(31)5-6-26-20-27(36)22-39-33(26)34/h7-8,20-22,24,29-30,34H,2-6,9-19,23H2,1H3,(H2,38,45). The van der Waals surface area contributed by atoms with E-state index in [9.17, 15) is 9.59 Å². The van der Waals surface area contributed by atoms with E-state index in [2.05, 4.69) is 55.8 Å². The molecule has 45 heavy (non-hydrogen) atoms. The van der Waals surface area contributed by atoms with E-state index in [1.165, 1.54) is 22.4 Å². The average Bonchev–Trinajstić information content (AvgIpc) is 3.20. The predicted molar refractivity (Wildman–Crippen MR) is 182 cm³/mol. The fourth-order valence-electron chi connectivity index (χ4n) is 8.24. The number of halogens is 2.